The molecule has 0 bridgehead atoms. The Morgan fingerprint density at radius 2 is 2.04 bits per heavy atom. The molecule has 7 heteroatoms. The fourth-order valence-corrected chi connectivity index (χ4v) is 3.01. The molecule has 2 atom stereocenters. The average molecular weight is 362 g/mol. The van der Waals surface area contributed by atoms with Gasteiger partial charge in [0.25, 0.3) is 0 Å². The molecule has 138 valence electrons. The summed E-state index contributed by atoms with van der Waals surface area (Å²) in [5.74, 6) is -0.335. The summed E-state index contributed by atoms with van der Waals surface area (Å²) >= 11 is 5.93. The first-order valence-corrected chi connectivity index (χ1v) is 8.60. The van der Waals surface area contributed by atoms with Gasteiger partial charge in [0.15, 0.2) is 5.54 Å². The van der Waals surface area contributed by atoms with Crippen molar-refractivity contribution in [3.63, 3.8) is 0 Å². The quantitative estimate of drug-likeness (QED) is 0.413. The smallest absolute Gasteiger partial charge is 0.411 e. The number of nitrogens with zero attached hydrogens (tertiary/aromatic N) is 1. The number of alkyl halides is 1. The van der Waals surface area contributed by atoms with Gasteiger partial charge in [-0.15, -0.1) is 11.6 Å². The van der Waals surface area contributed by atoms with Gasteiger partial charge in [0.1, 0.15) is 5.60 Å². The van der Waals surface area contributed by atoms with Gasteiger partial charge >= 0.3 is 12.1 Å². The Labute approximate surface area is 149 Å². The van der Waals surface area contributed by atoms with Crippen LogP contribution in [0.1, 0.15) is 40.5 Å². The fourth-order valence-electron chi connectivity index (χ4n) is 2.77. The highest BCUT2D eigenvalue weighted by Gasteiger charge is 2.55. The van der Waals surface area contributed by atoms with E-state index in [-0.39, 0.29) is 18.9 Å². The number of methoxy groups -OCH3 is 1. The summed E-state index contributed by atoms with van der Waals surface area (Å²) in [5, 5.41) is 0. The zero-order chi connectivity index (χ0) is 18.5. The Bertz CT molecular complexity index is 484. The lowest BCUT2D eigenvalue weighted by molar-refractivity contribution is -0.155. The summed E-state index contributed by atoms with van der Waals surface area (Å²) < 4.78 is 16.1. The van der Waals surface area contributed by atoms with Gasteiger partial charge < -0.3 is 14.2 Å². The molecular weight excluding hydrogens is 334 g/mol. The van der Waals surface area contributed by atoms with E-state index >= 15 is 0 Å². The molecule has 0 aromatic carbocycles. The normalized spacial score (nSPS) is 22.4. The van der Waals surface area contributed by atoms with Crippen LogP contribution in [0.2, 0.25) is 0 Å². The topological polar surface area (TPSA) is 65.1 Å². The van der Waals surface area contributed by atoms with E-state index in [1.807, 2.05) is 0 Å². The van der Waals surface area contributed by atoms with Crippen molar-refractivity contribution in [2.24, 2.45) is 0 Å². The minimum Gasteiger partial charge on any atom is -0.464 e. The lowest BCUT2D eigenvalue weighted by atomic mass is 9.85. The fraction of sp³-hybridized carbons (Fsp3) is 0.765. The highest BCUT2D eigenvalue weighted by atomic mass is 35.5. The number of carbonyl (C=O) groups is 2. The highest BCUT2D eigenvalue weighted by Crippen LogP contribution is 2.40. The Kier molecular flexibility index (Phi) is 7.10. The number of hydrogen-bond acceptors (Lipinski definition) is 5. The lowest BCUT2D eigenvalue weighted by Gasteiger charge is -2.39. The van der Waals surface area contributed by atoms with Crippen molar-refractivity contribution in [1.82, 2.24) is 4.90 Å². The molecular formula is C17H28ClNO5. The molecule has 1 aliphatic heterocycles. The minimum atomic E-state index is -1.31. The minimum absolute atomic E-state index is 0.184. The van der Waals surface area contributed by atoms with Crippen LogP contribution < -0.4 is 0 Å². The third kappa shape index (κ3) is 4.42. The molecule has 0 spiro atoms. The van der Waals surface area contributed by atoms with Crippen LogP contribution in [0.4, 0.5) is 4.79 Å². The monoisotopic (exact) mass is 361 g/mol. The zero-order valence-electron chi connectivity index (χ0n) is 15.2. The summed E-state index contributed by atoms with van der Waals surface area (Å²) in [6, 6.07) is 0. The van der Waals surface area contributed by atoms with E-state index in [4.69, 9.17) is 25.8 Å². The standard InChI is InChI=1S/C17H28ClNO5/c1-7-23-14(20)17(10-13(11-18)22-6)12(2)8-9-19(17)15(21)24-16(3,4)5/h13H,2,7-11H2,1,3-6H3/t13-,17?/m1/s1. The molecule has 1 saturated heterocycles. The van der Waals surface area contributed by atoms with Crippen LogP contribution in [0.5, 0.6) is 0 Å². The number of carbonyl (C=O) groups excluding carboxylic acids is 2. The maximum absolute atomic E-state index is 12.8. The summed E-state index contributed by atoms with van der Waals surface area (Å²) in [7, 11) is 1.52. The Morgan fingerprint density at radius 1 is 1.42 bits per heavy atom. The van der Waals surface area contributed by atoms with Crippen molar-refractivity contribution in [3.05, 3.63) is 12.2 Å². The summed E-state index contributed by atoms with van der Waals surface area (Å²) in [5.41, 5.74) is -1.37. The van der Waals surface area contributed by atoms with Crippen LogP contribution >= 0.6 is 11.6 Å². The van der Waals surface area contributed by atoms with Gasteiger partial charge in [-0.05, 0) is 39.7 Å². The van der Waals surface area contributed by atoms with Crippen LogP contribution in [0.3, 0.4) is 0 Å². The molecule has 0 aromatic rings. The highest BCUT2D eigenvalue weighted by molar-refractivity contribution is 6.18. The maximum Gasteiger partial charge on any atom is 0.411 e. The van der Waals surface area contributed by atoms with E-state index in [9.17, 15) is 9.59 Å². The number of amides is 1. The Morgan fingerprint density at radius 3 is 2.50 bits per heavy atom. The van der Waals surface area contributed by atoms with E-state index < -0.39 is 29.3 Å². The molecule has 1 rings (SSSR count). The first-order valence-electron chi connectivity index (χ1n) is 8.07. The van der Waals surface area contributed by atoms with Crippen molar-refractivity contribution in [2.75, 3.05) is 26.1 Å². The van der Waals surface area contributed by atoms with Crippen LogP contribution in [0, 0.1) is 0 Å². The van der Waals surface area contributed by atoms with E-state index in [2.05, 4.69) is 6.58 Å². The molecule has 24 heavy (non-hydrogen) atoms. The van der Waals surface area contributed by atoms with Crippen molar-refractivity contribution < 1.29 is 23.8 Å². The van der Waals surface area contributed by atoms with Crippen LogP contribution in [-0.4, -0.2) is 60.3 Å². The Hall–Kier alpha value is -1.27. The molecule has 0 N–H and O–H groups in total. The first kappa shape index (κ1) is 20.8. The summed E-state index contributed by atoms with van der Waals surface area (Å²) in [6.45, 7) is 11.6. The largest absolute Gasteiger partial charge is 0.464 e. The van der Waals surface area contributed by atoms with Gasteiger partial charge in [-0.2, -0.15) is 0 Å². The predicted molar refractivity (Wildman–Crippen MR) is 92.2 cm³/mol. The average Bonchev–Trinajstić information content (AvgIpc) is 2.81. The summed E-state index contributed by atoms with van der Waals surface area (Å²) in [4.78, 5) is 26.9. The molecule has 0 aromatic heterocycles. The number of halogens is 1. The number of hydrogen-bond donors (Lipinski definition) is 0. The predicted octanol–water partition coefficient (Wildman–Crippen LogP) is 3.13. The van der Waals surface area contributed by atoms with Gasteiger partial charge in [-0.25, -0.2) is 9.59 Å². The van der Waals surface area contributed by atoms with Crippen molar-refractivity contribution in [1.29, 1.82) is 0 Å². The molecule has 1 heterocycles. The van der Waals surface area contributed by atoms with E-state index in [0.29, 0.717) is 18.5 Å². The van der Waals surface area contributed by atoms with Gasteiger partial charge in [-0.3, -0.25) is 4.90 Å². The maximum atomic E-state index is 12.8. The molecule has 0 aliphatic carbocycles. The zero-order valence-corrected chi connectivity index (χ0v) is 15.9. The van der Waals surface area contributed by atoms with E-state index in [0.717, 1.165) is 0 Å². The molecule has 0 saturated carbocycles. The van der Waals surface area contributed by atoms with Gasteiger partial charge in [0.2, 0.25) is 0 Å². The third-order valence-corrected chi connectivity index (χ3v) is 4.28. The van der Waals surface area contributed by atoms with Crippen LogP contribution in [-0.2, 0) is 19.0 Å². The molecule has 6 nitrogen and oxygen atoms in total. The van der Waals surface area contributed by atoms with E-state index in [1.165, 1.54) is 12.0 Å². The molecule has 1 aliphatic rings. The van der Waals surface area contributed by atoms with Crippen molar-refractivity contribution >= 4 is 23.7 Å². The van der Waals surface area contributed by atoms with Crippen LogP contribution in [0.25, 0.3) is 0 Å². The van der Waals surface area contributed by atoms with Gasteiger partial charge in [0, 0.05) is 26.0 Å². The number of esters is 1. The second-order valence-corrected chi connectivity index (χ2v) is 7.09. The lowest BCUT2D eigenvalue weighted by Crippen LogP contribution is -2.57. The van der Waals surface area contributed by atoms with Crippen molar-refractivity contribution in [3.8, 4) is 0 Å². The SMILES string of the molecule is C=C1CCN(C(=O)OC(C)(C)C)C1(C[C@H](CCl)OC)C(=O)OCC. The van der Waals surface area contributed by atoms with Gasteiger partial charge in [-0.1, -0.05) is 6.58 Å². The number of rotatable bonds is 6. The van der Waals surface area contributed by atoms with Crippen LogP contribution in [0.15, 0.2) is 12.2 Å². The number of likely N-dealkylation sites (tertiary alicyclic amines) is 1. The second-order valence-electron chi connectivity index (χ2n) is 6.78. The Balaban J connectivity index is 3.25. The number of ether oxygens (including phenoxy) is 3. The second kappa shape index (κ2) is 8.21. The van der Waals surface area contributed by atoms with Crippen molar-refractivity contribution in [2.45, 2.75) is 57.8 Å². The molecule has 0 radical (unpaired) electrons. The third-order valence-electron chi connectivity index (χ3n) is 3.94. The molecule has 1 fully saturated rings. The van der Waals surface area contributed by atoms with E-state index in [1.54, 1.807) is 27.7 Å². The first-order chi connectivity index (χ1) is 11.1. The van der Waals surface area contributed by atoms with Gasteiger partial charge in [0.05, 0.1) is 12.7 Å². The molecule has 1 unspecified atom stereocenters. The molecule has 1 amide bonds. The summed E-state index contributed by atoms with van der Waals surface area (Å²) in [6.07, 6.45) is -0.310.